The first-order chi connectivity index (χ1) is 18.0. The van der Waals surface area contributed by atoms with Crippen LogP contribution in [0.1, 0.15) is 27.9 Å². The fraction of sp³-hybridized carbons (Fsp3) is 0.267. The van der Waals surface area contributed by atoms with Gasteiger partial charge in [-0.15, -0.1) is 0 Å². The van der Waals surface area contributed by atoms with Crippen molar-refractivity contribution in [2.75, 3.05) is 33.4 Å². The van der Waals surface area contributed by atoms with Crippen molar-refractivity contribution in [2.24, 2.45) is 0 Å². The lowest BCUT2D eigenvalue weighted by Crippen LogP contribution is -2.44. The number of hydrogen-bond acceptors (Lipinski definition) is 3. The lowest BCUT2D eigenvalue weighted by Gasteiger charge is -2.28. The number of halogens is 1. The fourth-order valence-electron chi connectivity index (χ4n) is 4.38. The van der Waals surface area contributed by atoms with Crippen molar-refractivity contribution in [2.45, 2.75) is 19.4 Å². The molecule has 4 aromatic rings. The average molecular weight is 518 g/mol. The second-order valence-electron chi connectivity index (χ2n) is 8.99. The molecule has 6 nitrogen and oxygen atoms in total. The Hall–Kier alpha value is -3.61. The maximum Gasteiger partial charge on any atom is 0.254 e. The summed E-state index contributed by atoms with van der Waals surface area (Å²) in [6.07, 6.45) is 3.35. The van der Waals surface area contributed by atoms with E-state index < -0.39 is 0 Å². The Labute approximate surface area is 222 Å². The van der Waals surface area contributed by atoms with Crippen molar-refractivity contribution < 1.29 is 14.3 Å². The molecule has 0 aliphatic rings. The molecule has 3 aromatic carbocycles. The molecule has 0 unspecified atom stereocenters. The molecule has 0 radical (unpaired) electrons. The van der Waals surface area contributed by atoms with Crippen LogP contribution in [0.15, 0.2) is 85.1 Å². The van der Waals surface area contributed by atoms with E-state index in [1.54, 1.807) is 36.3 Å². The number of nitrogens with one attached hydrogen (secondary N) is 1. The van der Waals surface area contributed by atoms with E-state index in [-0.39, 0.29) is 18.4 Å². The number of para-hydroxylation sites is 1. The summed E-state index contributed by atoms with van der Waals surface area (Å²) in [6.45, 7) is 1.93. The highest BCUT2D eigenvalue weighted by atomic mass is 35.5. The molecule has 0 aliphatic carbocycles. The third-order valence-corrected chi connectivity index (χ3v) is 6.63. The maximum atomic E-state index is 13.7. The van der Waals surface area contributed by atoms with E-state index in [2.05, 4.69) is 11.1 Å². The highest BCUT2D eigenvalue weighted by Gasteiger charge is 2.23. The molecule has 0 fully saturated rings. The van der Waals surface area contributed by atoms with Gasteiger partial charge < -0.3 is 19.5 Å². The van der Waals surface area contributed by atoms with Gasteiger partial charge in [-0.3, -0.25) is 9.59 Å². The number of hydrogen-bond donors (Lipinski definition) is 1. The van der Waals surface area contributed by atoms with Crippen molar-refractivity contribution in [3.8, 4) is 0 Å². The molecular weight excluding hydrogens is 486 g/mol. The second-order valence-corrected chi connectivity index (χ2v) is 9.43. The summed E-state index contributed by atoms with van der Waals surface area (Å²) in [6, 6.07) is 24.9. The van der Waals surface area contributed by atoms with Crippen LogP contribution in [0.4, 0.5) is 0 Å². The summed E-state index contributed by atoms with van der Waals surface area (Å²) >= 11 is 6.01. The van der Waals surface area contributed by atoms with Crippen LogP contribution in [0.5, 0.6) is 0 Å². The van der Waals surface area contributed by atoms with E-state index >= 15 is 0 Å². The summed E-state index contributed by atoms with van der Waals surface area (Å²) in [5, 5.41) is 1.72. The summed E-state index contributed by atoms with van der Waals surface area (Å²) in [7, 11) is 1.63. The van der Waals surface area contributed by atoms with Crippen LogP contribution in [0.3, 0.4) is 0 Å². The highest BCUT2D eigenvalue weighted by molar-refractivity contribution is 6.30. The van der Waals surface area contributed by atoms with Crippen molar-refractivity contribution in [3.05, 3.63) is 107 Å². The van der Waals surface area contributed by atoms with Gasteiger partial charge in [0.2, 0.25) is 5.91 Å². The van der Waals surface area contributed by atoms with E-state index in [4.69, 9.17) is 16.3 Å². The zero-order chi connectivity index (χ0) is 26.0. The molecule has 192 valence electrons. The van der Waals surface area contributed by atoms with Crippen LogP contribution >= 0.6 is 11.6 Å². The Balaban J connectivity index is 1.52. The number of fused-ring (bicyclic) bond motifs is 1. The van der Waals surface area contributed by atoms with Gasteiger partial charge >= 0.3 is 0 Å². The third-order valence-electron chi connectivity index (χ3n) is 6.38. The monoisotopic (exact) mass is 517 g/mol. The second kappa shape index (κ2) is 13.1. The summed E-state index contributed by atoms with van der Waals surface area (Å²) in [4.78, 5) is 33.8. The van der Waals surface area contributed by atoms with Gasteiger partial charge in [0, 0.05) is 61.0 Å². The van der Waals surface area contributed by atoms with Crippen LogP contribution in [0.25, 0.3) is 10.9 Å². The SMILES string of the molecule is COCCCN(CC(=O)N(CCc1c[nH]c2ccccc12)Cc1ccccc1)C(=O)c1ccc(Cl)cc1. The van der Waals surface area contributed by atoms with Crippen LogP contribution in [-0.2, 0) is 22.5 Å². The molecule has 1 aromatic heterocycles. The van der Waals surface area contributed by atoms with E-state index in [0.717, 1.165) is 22.0 Å². The van der Waals surface area contributed by atoms with Crippen LogP contribution < -0.4 is 0 Å². The molecule has 4 rings (SSSR count). The molecule has 1 N–H and O–H groups in total. The van der Waals surface area contributed by atoms with Gasteiger partial charge in [0.25, 0.3) is 5.91 Å². The minimum Gasteiger partial charge on any atom is -0.385 e. The molecule has 0 bridgehead atoms. The van der Waals surface area contributed by atoms with Crippen LogP contribution in [0.2, 0.25) is 5.02 Å². The minimum absolute atomic E-state index is 0.00804. The number of aromatic amines is 1. The number of methoxy groups -OCH3 is 1. The largest absolute Gasteiger partial charge is 0.385 e. The number of amides is 2. The Kier molecular flexibility index (Phi) is 9.35. The lowest BCUT2D eigenvalue weighted by atomic mass is 10.1. The van der Waals surface area contributed by atoms with Crippen molar-refractivity contribution in [1.29, 1.82) is 0 Å². The first-order valence-corrected chi connectivity index (χ1v) is 12.8. The first kappa shape index (κ1) is 26.5. The van der Waals surface area contributed by atoms with E-state index in [9.17, 15) is 9.59 Å². The van der Waals surface area contributed by atoms with Gasteiger partial charge in [0.1, 0.15) is 6.54 Å². The number of aromatic nitrogens is 1. The minimum atomic E-state index is -0.197. The molecule has 0 atom stereocenters. The molecular formula is C30H32ClN3O3. The van der Waals surface area contributed by atoms with E-state index in [0.29, 0.717) is 49.7 Å². The Morgan fingerprint density at radius 2 is 1.62 bits per heavy atom. The lowest BCUT2D eigenvalue weighted by molar-refractivity contribution is -0.132. The fourth-order valence-corrected chi connectivity index (χ4v) is 4.51. The molecule has 7 heteroatoms. The molecule has 1 heterocycles. The number of benzene rings is 3. The maximum absolute atomic E-state index is 13.7. The number of carbonyl (C=O) groups excluding carboxylic acids is 2. The predicted octanol–water partition coefficient (Wildman–Crippen LogP) is 5.57. The Morgan fingerprint density at radius 1 is 0.892 bits per heavy atom. The highest BCUT2D eigenvalue weighted by Crippen LogP contribution is 2.19. The van der Waals surface area contributed by atoms with E-state index in [1.165, 1.54) is 0 Å². The number of nitrogens with zero attached hydrogens (tertiary/aromatic N) is 2. The average Bonchev–Trinajstić information content (AvgIpc) is 3.34. The zero-order valence-corrected chi connectivity index (χ0v) is 21.8. The normalized spacial score (nSPS) is 11.0. The van der Waals surface area contributed by atoms with Crippen LogP contribution in [0, 0.1) is 0 Å². The van der Waals surface area contributed by atoms with Crippen LogP contribution in [-0.4, -0.2) is 59.9 Å². The van der Waals surface area contributed by atoms with Gasteiger partial charge in [-0.05, 0) is 54.3 Å². The number of H-pyrrole nitrogens is 1. The number of rotatable bonds is 12. The van der Waals surface area contributed by atoms with E-state index in [1.807, 2.05) is 59.6 Å². The smallest absolute Gasteiger partial charge is 0.254 e. The summed E-state index contributed by atoms with van der Waals surface area (Å²) < 4.78 is 5.19. The summed E-state index contributed by atoms with van der Waals surface area (Å²) in [5.41, 5.74) is 3.79. The molecule has 0 aliphatic heterocycles. The molecule has 0 spiro atoms. The van der Waals surface area contributed by atoms with Crippen molar-refractivity contribution in [3.63, 3.8) is 0 Å². The van der Waals surface area contributed by atoms with Gasteiger partial charge in [-0.2, -0.15) is 0 Å². The third kappa shape index (κ3) is 7.21. The predicted molar refractivity (Wildman–Crippen MR) is 148 cm³/mol. The Bertz CT molecular complexity index is 1300. The number of carbonyl (C=O) groups is 2. The zero-order valence-electron chi connectivity index (χ0n) is 21.0. The van der Waals surface area contributed by atoms with Crippen molar-refractivity contribution >= 4 is 34.3 Å². The molecule has 0 saturated carbocycles. The summed E-state index contributed by atoms with van der Waals surface area (Å²) in [5.74, 6) is -0.291. The number of ether oxygens (including phenoxy) is 1. The Morgan fingerprint density at radius 3 is 2.38 bits per heavy atom. The van der Waals surface area contributed by atoms with Gasteiger partial charge in [0.05, 0.1) is 0 Å². The van der Waals surface area contributed by atoms with Gasteiger partial charge in [-0.25, -0.2) is 0 Å². The van der Waals surface area contributed by atoms with Gasteiger partial charge in [0.15, 0.2) is 0 Å². The quantitative estimate of drug-likeness (QED) is 0.250. The molecule has 37 heavy (non-hydrogen) atoms. The first-order valence-electron chi connectivity index (χ1n) is 12.5. The topological polar surface area (TPSA) is 65.6 Å². The van der Waals surface area contributed by atoms with Crippen molar-refractivity contribution in [1.82, 2.24) is 14.8 Å². The molecule has 2 amide bonds. The van der Waals surface area contributed by atoms with Gasteiger partial charge in [-0.1, -0.05) is 60.1 Å². The standard InChI is InChI=1S/C30H32ClN3O3/c1-37-19-7-17-34(30(36)24-12-14-26(31)15-13-24)22-29(35)33(21-23-8-3-2-4-9-23)18-16-25-20-32-28-11-6-5-10-27(25)28/h2-6,8-15,20,32H,7,16-19,21-22H2,1H3. The molecule has 0 saturated heterocycles.